The number of nitrogens with one attached hydrogen (secondary N) is 7. The fourth-order valence-electron chi connectivity index (χ4n) is 9.53. The van der Waals surface area contributed by atoms with Crippen molar-refractivity contribution in [2.75, 3.05) is 39.4 Å². The van der Waals surface area contributed by atoms with E-state index in [1.54, 1.807) is 30.3 Å². The number of carbonyl (C=O) groups is 10. The minimum absolute atomic E-state index is 0.0208. The van der Waals surface area contributed by atoms with Crippen LogP contribution in [0.1, 0.15) is 76.5 Å². The summed E-state index contributed by atoms with van der Waals surface area (Å²) in [6, 6.07) is -5.03. The Labute approximate surface area is 449 Å². The third kappa shape index (κ3) is 16.6. The number of aliphatic hydroxyl groups excluding tert-OH is 3. The number of aliphatic hydroxyl groups is 3. The molecule has 0 saturated carbocycles. The van der Waals surface area contributed by atoms with Gasteiger partial charge in [-0.25, -0.2) is 4.98 Å². The molecule has 17 N–H and O–H groups in total. The Balaban J connectivity index is 1.32. The first-order chi connectivity index (χ1) is 37.1. The fraction of sp³-hybridized carbons (Fsp3) is 0.592. The topological polar surface area (TPSA) is 453 Å². The largest absolute Gasteiger partial charge is 0.480 e. The molecule has 3 saturated heterocycles. The van der Waals surface area contributed by atoms with Crippen LogP contribution in [0.3, 0.4) is 0 Å². The molecule has 3 fully saturated rings. The van der Waals surface area contributed by atoms with Crippen LogP contribution in [0.5, 0.6) is 0 Å². The second kappa shape index (κ2) is 29.1. The highest BCUT2D eigenvalue weighted by Crippen LogP contribution is 2.23. The summed E-state index contributed by atoms with van der Waals surface area (Å²) in [4.78, 5) is 151. The van der Waals surface area contributed by atoms with Crippen LogP contribution in [-0.4, -0.2) is 216 Å². The number of carboxylic acid groups (broad SMARTS) is 1. The maximum Gasteiger partial charge on any atom is 0.325 e. The molecular weight excluding hydrogens is 1020 g/mol. The van der Waals surface area contributed by atoms with E-state index in [9.17, 15) is 68.4 Å². The summed E-state index contributed by atoms with van der Waals surface area (Å²) in [6.07, 6.45) is 2.61. The number of nitrogens with zero attached hydrogens (tertiary/aromatic N) is 5. The minimum Gasteiger partial charge on any atom is -0.480 e. The number of imidazole rings is 1. The molecule has 0 unspecified atom stereocenters. The quantitative estimate of drug-likeness (QED) is 0.0225. The first-order valence-electron chi connectivity index (χ1n) is 25.8. The number of hydrogen-bond donors (Lipinski definition) is 14. The number of carboxylic acids is 1. The summed E-state index contributed by atoms with van der Waals surface area (Å²) in [7, 11) is 0. The van der Waals surface area contributed by atoms with Gasteiger partial charge in [-0.05, 0) is 70.8 Å². The van der Waals surface area contributed by atoms with Crippen molar-refractivity contribution >= 4 is 65.1 Å². The van der Waals surface area contributed by atoms with E-state index < -0.39 is 139 Å². The van der Waals surface area contributed by atoms with E-state index in [0.717, 1.165) is 4.90 Å². The zero-order valence-electron chi connectivity index (χ0n) is 43.5. The number of amides is 9. The highest BCUT2D eigenvalue weighted by atomic mass is 16.4. The third-order valence-electron chi connectivity index (χ3n) is 13.7. The predicted octanol–water partition coefficient (Wildman–Crippen LogP) is -6.07. The molecule has 11 atom stereocenters. The first kappa shape index (κ1) is 61.1. The van der Waals surface area contributed by atoms with Crippen LogP contribution in [0, 0.1) is 0 Å². The van der Waals surface area contributed by atoms with Gasteiger partial charge in [0.05, 0.1) is 25.6 Å². The van der Waals surface area contributed by atoms with Crippen molar-refractivity contribution in [3.05, 3.63) is 54.1 Å². The average Bonchev–Trinajstić information content (AvgIpc) is 4.29. The number of aromatic nitrogens is 2. The van der Waals surface area contributed by atoms with Crippen LogP contribution in [0.4, 0.5) is 0 Å². The Morgan fingerprint density at radius 3 is 1.71 bits per heavy atom. The monoisotopic (exact) mass is 1100 g/mol. The Bertz CT molecular complexity index is 2460. The standard InChI is InChI=1S/C49H73N15O14/c1-26(48(77)78)56-41(70)35-13-8-19-64(35)47(76)34(24-66)60-39(68)32(20-28-10-4-3-5-11-28)59-44(73)38(27(2)67)61-43(72)37-15-9-18-63(37)46(75)31(12-6-16-54-49(51)52)57-40(69)33(21-29-22-53-25-55-29)58-42(71)36-14-7-17-62(36)45(74)30(50)23-65/h3-5,10-11,22,25-27,30-38,65-67H,6-9,12-21,23-24,50H2,1-2H3,(H,53,55)(H,56,70)(H,57,69)(H,58,71)(H,59,73)(H,60,68)(H,61,72)(H,77,78)(H4,51,52,54)/t26-,27+,30-,31-,32-,33-,34-,35-,36-,37-,38-/m0/s1. The Morgan fingerprint density at radius 1 is 0.679 bits per heavy atom. The minimum atomic E-state index is -1.74. The van der Waals surface area contributed by atoms with Gasteiger partial charge in [-0.15, -0.1) is 0 Å². The summed E-state index contributed by atoms with van der Waals surface area (Å²) < 4.78 is 0. The van der Waals surface area contributed by atoms with Gasteiger partial charge in [-0.2, -0.15) is 0 Å². The maximum absolute atomic E-state index is 14.6. The lowest BCUT2D eigenvalue weighted by molar-refractivity contribution is -0.145. The molecule has 1 aromatic heterocycles. The zero-order chi connectivity index (χ0) is 57.2. The maximum atomic E-state index is 14.6. The van der Waals surface area contributed by atoms with Gasteiger partial charge >= 0.3 is 5.97 Å². The van der Waals surface area contributed by atoms with E-state index >= 15 is 0 Å². The van der Waals surface area contributed by atoms with Crippen LogP contribution < -0.4 is 49.1 Å². The molecule has 0 bridgehead atoms. The van der Waals surface area contributed by atoms with Crippen molar-refractivity contribution in [3.8, 4) is 0 Å². The highest BCUT2D eigenvalue weighted by molar-refractivity contribution is 5.99. The Hall–Kier alpha value is -7.76. The number of H-pyrrole nitrogens is 1. The van der Waals surface area contributed by atoms with Crippen LogP contribution in [-0.2, 0) is 60.8 Å². The molecule has 5 rings (SSSR count). The second-order valence-electron chi connectivity index (χ2n) is 19.5. The average molecular weight is 1100 g/mol. The Kier molecular flexibility index (Phi) is 22.8. The zero-order valence-corrected chi connectivity index (χ0v) is 43.5. The molecule has 0 radical (unpaired) electrons. The molecule has 3 aliphatic rings. The van der Waals surface area contributed by atoms with Crippen LogP contribution in [0.15, 0.2) is 47.8 Å². The van der Waals surface area contributed by atoms with Crippen molar-refractivity contribution in [2.45, 2.75) is 145 Å². The lowest BCUT2D eigenvalue weighted by Gasteiger charge is -2.32. The van der Waals surface area contributed by atoms with E-state index in [2.05, 4.69) is 46.9 Å². The van der Waals surface area contributed by atoms with Crippen LogP contribution >= 0.6 is 0 Å². The van der Waals surface area contributed by atoms with Gasteiger partial charge in [-0.1, -0.05) is 30.3 Å². The summed E-state index contributed by atoms with van der Waals surface area (Å²) in [5.41, 5.74) is 17.8. The number of likely N-dealkylation sites (tertiary alicyclic amines) is 3. The normalized spacial score (nSPS) is 20.1. The Morgan fingerprint density at radius 2 is 1.19 bits per heavy atom. The van der Waals surface area contributed by atoms with E-state index in [-0.39, 0.29) is 77.1 Å². The van der Waals surface area contributed by atoms with Gasteiger partial charge in [0.25, 0.3) is 0 Å². The number of benzene rings is 1. The van der Waals surface area contributed by atoms with Gasteiger partial charge in [0, 0.05) is 50.9 Å². The fourth-order valence-corrected chi connectivity index (χ4v) is 9.53. The van der Waals surface area contributed by atoms with E-state index in [4.69, 9.17) is 17.2 Å². The summed E-state index contributed by atoms with van der Waals surface area (Å²) in [6.45, 7) is 1.20. The molecule has 428 valence electrons. The van der Waals surface area contributed by atoms with Crippen molar-refractivity contribution in [1.82, 2.24) is 56.6 Å². The molecule has 0 spiro atoms. The summed E-state index contributed by atoms with van der Waals surface area (Å²) in [5.74, 6) is -8.84. The number of rotatable bonds is 27. The van der Waals surface area contributed by atoms with Crippen molar-refractivity contribution in [1.29, 1.82) is 0 Å². The molecule has 0 aliphatic carbocycles. The van der Waals surface area contributed by atoms with Crippen LogP contribution in [0.25, 0.3) is 0 Å². The first-order valence-corrected chi connectivity index (χ1v) is 25.8. The highest BCUT2D eigenvalue weighted by Gasteiger charge is 2.43. The number of nitrogens with two attached hydrogens (primary N) is 3. The van der Waals surface area contributed by atoms with Gasteiger partial charge in [-0.3, -0.25) is 52.9 Å². The third-order valence-corrected chi connectivity index (χ3v) is 13.7. The molecule has 4 heterocycles. The van der Waals surface area contributed by atoms with Crippen LogP contribution in [0.2, 0.25) is 0 Å². The number of aliphatic imine (C=N–C) groups is 1. The number of hydrogen-bond acceptors (Lipinski definition) is 16. The predicted molar refractivity (Wildman–Crippen MR) is 275 cm³/mol. The van der Waals surface area contributed by atoms with Gasteiger partial charge in [0.2, 0.25) is 53.2 Å². The lowest BCUT2D eigenvalue weighted by atomic mass is 10.0. The van der Waals surface area contributed by atoms with Crippen molar-refractivity contribution in [2.24, 2.45) is 22.2 Å². The SMILES string of the molecule is C[C@H](NC(=O)[C@@H]1CCCN1C(=O)[C@H](CO)NC(=O)[C@H](Cc1ccccc1)NC(=O)[C@@H](NC(=O)[C@@H]1CCCN1C(=O)[C@H](CCCN=C(N)N)NC(=O)[C@H](Cc1cnc[nH]1)NC(=O)[C@@H]1CCCN1C(=O)[C@@H](N)CO)[C@@H](C)O)C(=O)O. The van der Waals surface area contributed by atoms with Gasteiger partial charge in [0.15, 0.2) is 5.96 Å². The van der Waals surface area contributed by atoms with E-state index in [1.807, 2.05) is 0 Å². The van der Waals surface area contributed by atoms with Gasteiger partial charge in [0.1, 0.15) is 60.4 Å². The summed E-state index contributed by atoms with van der Waals surface area (Å²) >= 11 is 0. The number of aliphatic carboxylic acids is 1. The number of guanidine groups is 1. The molecule has 78 heavy (non-hydrogen) atoms. The van der Waals surface area contributed by atoms with Crippen molar-refractivity contribution < 1.29 is 68.4 Å². The number of aromatic amines is 1. The smallest absolute Gasteiger partial charge is 0.325 e. The summed E-state index contributed by atoms with van der Waals surface area (Å²) in [5, 5.41) is 55.4. The molecule has 29 heteroatoms. The molecule has 2 aromatic rings. The van der Waals surface area contributed by atoms with E-state index in [0.29, 0.717) is 30.5 Å². The molecule has 3 aliphatic heterocycles. The van der Waals surface area contributed by atoms with E-state index in [1.165, 1.54) is 36.2 Å². The number of carbonyl (C=O) groups excluding carboxylic acids is 9. The second-order valence-corrected chi connectivity index (χ2v) is 19.5. The molecule has 9 amide bonds. The lowest BCUT2D eigenvalue weighted by Crippen LogP contribution is -2.62. The molecule has 29 nitrogen and oxygen atoms in total. The molecular formula is C49H73N15O14. The van der Waals surface area contributed by atoms with Crippen molar-refractivity contribution in [3.63, 3.8) is 0 Å². The molecule has 1 aromatic carbocycles. The van der Waals surface area contributed by atoms with Gasteiger partial charge < -0.3 is 89.2 Å².